The van der Waals surface area contributed by atoms with Crippen molar-refractivity contribution in [2.75, 3.05) is 26.9 Å². The number of hydrogen-bond donors (Lipinski definition) is 1. The van der Waals surface area contributed by atoms with Gasteiger partial charge in [-0.25, -0.2) is 0 Å². The number of carbonyl (C=O) groups is 1. The summed E-state index contributed by atoms with van der Waals surface area (Å²) in [5.74, 6) is -0.0742. The Labute approximate surface area is 155 Å². The van der Waals surface area contributed by atoms with Crippen molar-refractivity contribution in [3.8, 4) is 0 Å². The molecule has 1 aliphatic heterocycles. The molecule has 4 rings (SSSR count). The molecular weight excluding hydrogens is 332 g/mol. The predicted molar refractivity (Wildman–Crippen MR) is 96.3 cm³/mol. The van der Waals surface area contributed by atoms with Gasteiger partial charge in [-0.05, 0) is 62.0 Å². The maximum Gasteiger partial charge on any atom is 0.312 e. The molecule has 3 aliphatic carbocycles. The second-order valence-corrected chi connectivity index (χ2v) is 8.40. The first-order valence-corrected chi connectivity index (χ1v) is 9.91. The molecule has 0 aromatic heterocycles. The molecule has 26 heavy (non-hydrogen) atoms. The molecule has 5 heteroatoms. The van der Waals surface area contributed by atoms with E-state index in [1.807, 2.05) is 6.92 Å². The van der Waals surface area contributed by atoms with Crippen molar-refractivity contribution in [1.29, 1.82) is 0 Å². The van der Waals surface area contributed by atoms with E-state index in [2.05, 4.69) is 6.08 Å². The summed E-state index contributed by atoms with van der Waals surface area (Å²) in [7, 11) is 1.46. The molecule has 0 saturated carbocycles. The fourth-order valence-corrected chi connectivity index (χ4v) is 5.79. The first-order chi connectivity index (χ1) is 12.5. The Balaban J connectivity index is 1.66. The summed E-state index contributed by atoms with van der Waals surface area (Å²) in [4.78, 5) is 12.5. The highest BCUT2D eigenvalue weighted by Crippen LogP contribution is 2.55. The highest BCUT2D eigenvalue weighted by molar-refractivity contribution is 5.77. The number of allylic oxidation sites excluding steroid dienone is 3. The zero-order chi connectivity index (χ0) is 18.4. The molecule has 1 spiro atoms. The van der Waals surface area contributed by atoms with E-state index in [4.69, 9.17) is 14.2 Å². The van der Waals surface area contributed by atoms with Crippen molar-refractivity contribution in [2.45, 2.75) is 57.7 Å². The third-order valence-corrected chi connectivity index (χ3v) is 7.13. The number of aliphatic hydroxyl groups is 1. The quantitative estimate of drug-likeness (QED) is 0.782. The summed E-state index contributed by atoms with van der Waals surface area (Å²) >= 11 is 0. The minimum Gasteiger partial charge on any atom is -0.469 e. The molecule has 5 nitrogen and oxygen atoms in total. The lowest BCUT2D eigenvalue weighted by atomic mass is 9.57. The second kappa shape index (κ2) is 6.77. The molecule has 1 N–H and O–H groups in total. The van der Waals surface area contributed by atoms with E-state index in [0.29, 0.717) is 32.0 Å². The van der Waals surface area contributed by atoms with Crippen molar-refractivity contribution in [3.05, 3.63) is 22.8 Å². The number of aliphatic hydroxyl groups excluding tert-OH is 1. The Kier molecular flexibility index (Phi) is 4.74. The molecule has 0 aromatic rings. The third-order valence-electron chi connectivity index (χ3n) is 7.13. The summed E-state index contributed by atoms with van der Waals surface area (Å²) in [5, 5.41) is 9.65. The number of carbonyl (C=O) groups excluding carboxylic acids is 1. The van der Waals surface area contributed by atoms with E-state index >= 15 is 0 Å². The first-order valence-electron chi connectivity index (χ1n) is 9.91. The van der Waals surface area contributed by atoms with Gasteiger partial charge in [0.15, 0.2) is 5.79 Å². The van der Waals surface area contributed by atoms with Gasteiger partial charge in [0.2, 0.25) is 0 Å². The molecule has 1 saturated heterocycles. The van der Waals surface area contributed by atoms with Gasteiger partial charge in [-0.15, -0.1) is 0 Å². The molecule has 0 aromatic carbocycles. The Morgan fingerprint density at radius 1 is 1.35 bits per heavy atom. The molecule has 3 atom stereocenters. The Hall–Kier alpha value is -1.17. The lowest BCUT2D eigenvalue weighted by Crippen LogP contribution is -2.45. The highest BCUT2D eigenvalue weighted by atomic mass is 16.7. The monoisotopic (exact) mass is 362 g/mol. The third kappa shape index (κ3) is 2.76. The van der Waals surface area contributed by atoms with Crippen molar-refractivity contribution in [2.24, 2.45) is 17.3 Å². The minimum absolute atomic E-state index is 0.109. The molecule has 0 amide bonds. The van der Waals surface area contributed by atoms with Gasteiger partial charge in [-0.1, -0.05) is 11.6 Å². The van der Waals surface area contributed by atoms with Crippen LogP contribution in [-0.4, -0.2) is 43.8 Å². The summed E-state index contributed by atoms with van der Waals surface area (Å²) < 4.78 is 17.0. The number of rotatable bonds is 3. The summed E-state index contributed by atoms with van der Waals surface area (Å²) in [6.45, 7) is 3.51. The second-order valence-electron chi connectivity index (χ2n) is 8.40. The summed E-state index contributed by atoms with van der Waals surface area (Å²) in [6, 6.07) is 0. The van der Waals surface area contributed by atoms with E-state index in [1.165, 1.54) is 23.8 Å². The first kappa shape index (κ1) is 18.2. The van der Waals surface area contributed by atoms with Crippen LogP contribution in [0.25, 0.3) is 0 Å². The van der Waals surface area contributed by atoms with Crippen molar-refractivity contribution >= 4 is 5.97 Å². The molecule has 0 unspecified atom stereocenters. The molecule has 4 aliphatic rings. The Morgan fingerprint density at radius 2 is 2.12 bits per heavy atom. The van der Waals surface area contributed by atoms with Crippen molar-refractivity contribution < 1.29 is 24.1 Å². The van der Waals surface area contributed by atoms with Gasteiger partial charge < -0.3 is 19.3 Å². The normalized spacial score (nSPS) is 35.7. The van der Waals surface area contributed by atoms with Crippen LogP contribution in [0.5, 0.6) is 0 Å². The SMILES string of the molecule is COC(=O)[C@@]1(C)CC=C2C3=C(CC[C@H]2[C@@H]1CCO)CC1(CC3)OCCO1. The van der Waals surface area contributed by atoms with Crippen LogP contribution in [0, 0.1) is 17.3 Å². The van der Waals surface area contributed by atoms with Gasteiger partial charge >= 0.3 is 5.97 Å². The molecule has 1 heterocycles. The van der Waals surface area contributed by atoms with E-state index < -0.39 is 5.41 Å². The standard InChI is InChI=1S/C21H30O5/c1-20(19(23)24-2)8-5-16-15-6-9-21(25-11-12-26-21)13-14(15)3-4-17(16)18(20)7-10-22/h5,17-18,22H,3-4,6-13H2,1-2H3/t17-,18+,20+/m1/s1. The van der Waals surface area contributed by atoms with E-state index in [-0.39, 0.29) is 24.3 Å². The predicted octanol–water partition coefficient (Wildman–Crippen LogP) is 3.13. The fourth-order valence-electron chi connectivity index (χ4n) is 5.79. The molecule has 0 radical (unpaired) electrons. The lowest BCUT2D eigenvalue weighted by molar-refractivity contribution is -0.164. The van der Waals surface area contributed by atoms with Gasteiger partial charge in [-0.2, -0.15) is 0 Å². The summed E-state index contributed by atoms with van der Waals surface area (Å²) in [6.07, 6.45) is 8.44. The van der Waals surface area contributed by atoms with E-state index in [1.54, 1.807) is 0 Å². The lowest BCUT2D eigenvalue weighted by Gasteiger charge is -2.48. The van der Waals surface area contributed by atoms with Crippen LogP contribution in [0.15, 0.2) is 22.8 Å². The van der Waals surface area contributed by atoms with Gasteiger partial charge in [-0.3, -0.25) is 4.79 Å². The van der Waals surface area contributed by atoms with Gasteiger partial charge in [0.05, 0.1) is 25.7 Å². The van der Waals surface area contributed by atoms with Crippen LogP contribution < -0.4 is 0 Å². The topological polar surface area (TPSA) is 65.0 Å². The van der Waals surface area contributed by atoms with Crippen LogP contribution >= 0.6 is 0 Å². The zero-order valence-electron chi connectivity index (χ0n) is 15.9. The molecular formula is C21H30O5. The van der Waals surface area contributed by atoms with Gasteiger partial charge in [0.1, 0.15) is 0 Å². The Bertz CT molecular complexity index is 643. The number of hydrogen-bond acceptors (Lipinski definition) is 5. The van der Waals surface area contributed by atoms with Crippen LogP contribution in [0.1, 0.15) is 51.9 Å². The maximum absolute atomic E-state index is 12.5. The molecule has 0 bridgehead atoms. The van der Waals surface area contributed by atoms with Crippen LogP contribution in [0.4, 0.5) is 0 Å². The minimum atomic E-state index is -0.544. The average Bonchev–Trinajstić information content (AvgIpc) is 3.10. The molecule has 1 fully saturated rings. The van der Waals surface area contributed by atoms with Crippen LogP contribution in [-0.2, 0) is 19.0 Å². The number of methoxy groups -OCH3 is 1. The van der Waals surface area contributed by atoms with Gasteiger partial charge in [0.25, 0.3) is 0 Å². The summed E-state index contributed by atoms with van der Waals surface area (Å²) in [5.41, 5.74) is 3.82. The van der Waals surface area contributed by atoms with Gasteiger partial charge in [0, 0.05) is 19.4 Å². The number of ether oxygens (including phenoxy) is 3. The van der Waals surface area contributed by atoms with Crippen LogP contribution in [0.3, 0.4) is 0 Å². The van der Waals surface area contributed by atoms with Crippen molar-refractivity contribution in [3.63, 3.8) is 0 Å². The highest BCUT2D eigenvalue weighted by Gasteiger charge is 2.51. The fraction of sp³-hybridized carbons (Fsp3) is 0.762. The smallest absolute Gasteiger partial charge is 0.312 e. The van der Waals surface area contributed by atoms with E-state index in [9.17, 15) is 9.90 Å². The van der Waals surface area contributed by atoms with Crippen LogP contribution in [0.2, 0.25) is 0 Å². The number of esters is 1. The number of fused-ring (bicyclic) bond motifs is 2. The zero-order valence-corrected chi connectivity index (χ0v) is 15.9. The average molecular weight is 362 g/mol. The largest absolute Gasteiger partial charge is 0.469 e. The molecule has 144 valence electrons. The Morgan fingerprint density at radius 3 is 2.81 bits per heavy atom. The van der Waals surface area contributed by atoms with E-state index in [0.717, 1.165) is 32.1 Å². The maximum atomic E-state index is 12.5. The van der Waals surface area contributed by atoms with Crippen molar-refractivity contribution in [1.82, 2.24) is 0 Å².